The third kappa shape index (κ3) is 2.65. The summed E-state index contributed by atoms with van der Waals surface area (Å²) in [5.41, 5.74) is 1.30. The maximum Gasteiger partial charge on any atom is 0.259 e. The zero-order valence-corrected chi connectivity index (χ0v) is 13.4. The molecule has 0 aliphatic carbocycles. The van der Waals surface area contributed by atoms with Crippen LogP contribution in [0.4, 0.5) is 0 Å². The number of carbonyl (C=O) groups is 1. The molecule has 3 rings (SSSR count). The number of nitrogens with zero attached hydrogens (tertiary/aromatic N) is 4. The van der Waals surface area contributed by atoms with Crippen LogP contribution in [-0.2, 0) is 19.4 Å². The van der Waals surface area contributed by atoms with Gasteiger partial charge < -0.3 is 14.0 Å². The summed E-state index contributed by atoms with van der Waals surface area (Å²) < 4.78 is 7.42. The summed E-state index contributed by atoms with van der Waals surface area (Å²) in [5.74, 6) is 2.25. The van der Waals surface area contributed by atoms with Gasteiger partial charge in [0.2, 0.25) is 0 Å². The number of imidazole rings is 1. The van der Waals surface area contributed by atoms with Gasteiger partial charge in [0.15, 0.2) is 0 Å². The molecule has 0 unspecified atom stereocenters. The molecule has 6 nitrogen and oxygen atoms in total. The lowest BCUT2D eigenvalue weighted by atomic mass is 9.97. The summed E-state index contributed by atoms with van der Waals surface area (Å²) in [7, 11) is 1.86. The minimum absolute atomic E-state index is 0.00418. The molecule has 0 spiro atoms. The van der Waals surface area contributed by atoms with E-state index in [1.807, 2.05) is 33.3 Å². The lowest BCUT2D eigenvalue weighted by molar-refractivity contribution is 0.0761. The highest BCUT2D eigenvalue weighted by Gasteiger charge is 2.26. The highest BCUT2D eigenvalue weighted by Crippen LogP contribution is 2.22. The van der Waals surface area contributed by atoms with Crippen LogP contribution in [0.1, 0.15) is 41.0 Å². The Bertz CT molecular complexity index is 673. The van der Waals surface area contributed by atoms with Crippen molar-refractivity contribution in [3.8, 4) is 0 Å². The van der Waals surface area contributed by atoms with E-state index in [-0.39, 0.29) is 5.91 Å². The molecule has 1 atom stereocenters. The van der Waals surface area contributed by atoms with Crippen molar-refractivity contribution in [3.05, 3.63) is 35.2 Å². The van der Waals surface area contributed by atoms with Crippen molar-refractivity contribution in [1.82, 2.24) is 19.6 Å². The molecule has 0 N–H and O–H groups in total. The van der Waals surface area contributed by atoms with E-state index < -0.39 is 0 Å². The Morgan fingerprint density at radius 2 is 2.36 bits per heavy atom. The first-order valence-electron chi connectivity index (χ1n) is 7.80. The molecule has 6 heteroatoms. The maximum atomic E-state index is 12.7. The zero-order chi connectivity index (χ0) is 15.7. The van der Waals surface area contributed by atoms with Crippen molar-refractivity contribution in [2.45, 2.75) is 39.7 Å². The molecule has 1 aliphatic heterocycles. The first-order chi connectivity index (χ1) is 10.6. The quantitative estimate of drug-likeness (QED) is 0.867. The van der Waals surface area contributed by atoms with Gasteiger partial charge in [-0.15, -0.1) is 0 Å². The number of amides is 1. The summed E-state index contributed by atoms with van der Waals surface area (Å²) >= 11 is 0. The molecular formula is C16H22N4O2. The number of fused-ring (bicyclic) bond motifs is 1. The van der Waals surface area contributed by atoms with Crippen molar-refractivity contribution in [1.29, 1.82) is 0 Å². The number of rotatable bonds is 4. The molecule has 3 heterocycles. The van der Waals surface area contributed by atoms with E-state index in [4.69, 9.17) is 4.52 Å². The molecule has 1 aliphatic rings. The molecule has 22 heavy (non-hydrogen) atoms. The molecular weight excluding hydrogens is 280 g/mol. The Kier molecular flexibility index (Phi) is 4.00. The van der Waals surface area contributed by atoms with Gasteiger partial charge in [-0.1, -0.05) is 12.1 Å². The largest absolute Gasteiger partial charge is 0.360 e. The summed E-state index contributed by atoms with van der Waals surface area (Å²) in [6, 6.07) is 0. The minimum Gasteiger partial charge on any atom is -0.360 e. The maximum absolute atomic E-state index is 12.7. The van der Waals surface area contributed by atoms with Gasteiger partial charge in [0.1, 0.15) is 17.1 Å². The Balaban J connectivity index is 1.68. The second-order valence-electron chi connectivity index (χ2n) is 6.00. The summed E-state index contributed by atoms with van der Waals surface area (Å²) in [6.45, 7) is 5.51. The van der Waals surface area contributed by atoms with Crippen LogP contribution in [0.2, 0.25) is 0 Å². The molecule has 2 aromatic rings. The van der Waals surface area contributed by atoms with E-state index in [0.717, 1.165) is 31.8 Å². The van der Waals surface area contributed by atoms with Crippen LogP contribution >= 0.6 is 0 Å². The number of carbonyl (C=O) groups excluding carboxylic acids is 1. The van der Waals surface area contributed by atoms with Crippen molar-refractivity contribution in [2.75, 3.05) is 13.6 Å². The first-order valence-corrected chi connectivity index (χ1v) is 7.80. The van der Waals surface area contributed by atoms with E-state index in [9.17, 15) is 4.79 Å². The average Bonchev–Trinajstić information content (AvgIpc) is 3.11. The molecule has 0 aromatic carbocycles. The molecule has 2 aromatic heterocycles. The van der Waals surface area contributed by atoms with E-state index >= 15 is 0 Å². The van der Waals surface area contributed by atoms with Gasteiger partial charge in [0.05, 0.1) is 5.69 Å². The van der Waals surface area contributed by atoms with Crippen LogP contribution in [0.3, 0.4) is 0 Å². The highest BCUT2D eigenvalue weighted by atomic mass is 16.5. The summed E-state index contributed by atoms with van der Waals surface area (Å²) in [4.78, 5) is 18.9. The fourth-order valence-electron chi connectivity index (χ4n) is 3.16. The lowest BCUT2D eigenvalue weighted by Crippen LogP contribution is -2.35. The van der Waals surface area contributed by atoms with Gasteiger partial charge in [0.25, 0.3) is 5.91 Å². The highest BCUT2D eigenvalue weighted by molar-refractivity contribution is 5.96. The molecule has 0 radical (unpaired) electrons. The van der Waals surface area contributed by atoms with E-state index in [1.54, 1.807) is 4.90 Å². The van der Waals surface area contributed by atoms with Crippen LogP contribution in [0.25, 0.3) is 0 Å². The Hall–Kier alpha value is -2.11. The Morgan fingerprint density at radius 3 is 3.14 bits per heavy atom. The second-order valence-corrected chi connectivity index (χ2v) is 6.00. The van der Waals surface area contributed by atoms with Gasteiger partial charge in [-0.25, -0.2) is 4.98 Å². The lowest BCUT2D eigenvalue weighted by Gasteiger charge is -2.27. The van der Waals surface area contributed by atoms with Gasteiger partial charge in [-0.05, 0) is 19.3 Å². The number of hydrogen-bond acceptors (Lipinski definition) is 4. The number of aromatic nitrogens is 3. The number of hydrogen-bond donors (Lipinski definition) is 0. The Morgan fingerprint density at radius 1 is 1.55 bits per heavy atom. The third-order valence-electron chi connectivity index (χ3n) is 4.40. The van der Waals surface area contributed by atoms with Gasteiger partial charge in [-0.2, -0.15) is 0 Å². The predicted molar refractivity (Wildman–Crippen MR) is 81.6 cm³/mol. The zero-order valence-electron chi connectivity index (χ0n) is 13.4. The minimum atomic E-state index is 0.00418. The summed E-state index contributed by atoms with van der Waals surface area (Å²) in [6.07, 6.45) is 6.55. The second kappa shape index (κ2) is 5.94. The van der Waals surface area contributed by atoms with Gasteiger partial charge in [-0.3, -0.25) is 4.79 Å². The van der Waals surface area contributed by atoms with Crippen LogP contribution in [0.15, 0.2) is 16.9 Å². The summed E-state index contributed by atoms with van der Waals surface area (Å²) in [5, 5.41) is 3.92. The van der Waals surface area contributed by atoms with Crippen molar-refractivity contribution < 1.29 is 9.32 Å². The number of aryl methyl sites for hydroxylation is 3. The van der Waals surface area contributed by atoms with Gasteiger partial charge >= 0.3 is 0 Å². The van der Waals surface area contributed by atoms with E-state index in [0.29, 0.717) is 29.4 Å². The van der Waals surface area contributed by atoms with Crippen molar-refractivity contribution in [2.24, 2.45) is 5.92 Å². The molecule has 0 saturated heterocycles. The molecule has 0 bridgehead atoms. The van der Waals surface area contributed by atoms with Crippen LogP contribution in [0.5, 0.6) is 0 Å². The van der Waals surface area contributed by atoms with Crippen LogP contribution in [-0.4, -0.2) is 39.1 Å². The average molecular weight is 302 g/mol. The van der Waals surface area contributed by atoms with E-state index in [2.05, 4.69) is 14.7 Å². The molecule has 1 amide bonds. The van der Waals surface area contributed by atoms with Gasteiger partial charge in [0, 0.05) is 45.4 Å². The SMILES string of the molecule is CCc1onc(C)c1C(=O)N(C)C[C@@H]1CCn2ccnc2C1. The van der Waals surface area contributed by atoms with Crippen LogP contribution < -0.4 is 0 Å². The fraction of sp³-hybridized carbons (Fsp3) is 0.562. The molecule has 0 saturated carbocycles. The fourth-order valence-corrected chi connectivity index (χ4v) is 3.16. The third-order valence-corrected chi connectivity index (χ3v) is 4.40. The monoisotopic (exact) mass is 302 g/mol. The van der Waals surface area contributed by atoms with E-state index in [1.165, 1.54) is 0 Å². The smallest absolute Gasteiger partial charge is 0.259 e. The van der Waals surface area contributed by atoms with Crippen LogP contribution in [0, 0.1) is 12.8 Å². The van der Waals surface area contributed by atoms with Crippen molar-refractivity contribution in [3.63, 3.8) is 0 Å². The Labute approximate surface area is 130 Å². The predicted octanol–water partition coefficient (Wildman–Crippen LogP) is 2.08. The van der Waals surface area contributed by atoms with Crippen molar-refractivity contribution >= 4 is 5.91 Å². The topological polar surface area (TPSA) is 64.2 Å². The first kappa shape index (κ1) is 14.8. The normalized spacial score (nSPS) is 17.3. The standard InChI is InChI=1S/C16H22N4O2/c1-4-13-15(11(2)18-22-13)16(21)19(3)10-12-5-7-20-8-6-17-14(20)9-12/h6,8,12H,4-5,7,9-10H2,1-3H3/t12-/m1/s1. The molecule has 118 valence electrons. The molecule has 0 fully saturated rings.